The lowest BCUT2D eigenvalue weighted by atomic mass is 10.0. The normalized spacial score (nSPS) is 16.4. The van der Waals surface area contributed by atoms with Crippen LogP contribution in [-0.2, 0) is 28.5 Å². The lowest BCUT2D eigenvalue weighted by molar-refractivity contribution is -0.166. The average molecular weight is 386 g/mol. The first-order valence-corrected chi connectivity index (χ1v) is 8.70. The van der Waals surface area contributed by atoms with E-state index >= 15 is 0 Å². The van der Waals surface area contributed by atoms with Crippen LogP contribution in [0.4, 0.5) is 9.59 Å². The van der Waals surface area contributed by atoms with Gasteiger partial charge in [-0.05, 0) is 20.3 Å². The Bertz CT molecular complexity index is 525. The standard InChI is InChI=1S/C17H26N2O8/c1-4-12-11-17(12,13(20)24-7-9-26-15(22)18-5-2)14(21)25-8-10-27-16(23)19-6-3/h4,12H,1,5-11H2,2-3H3,(H,18,22)(H,19,23). The zero-order chi connectivity index (χ0) is 20.3. The molecular weight excluding hydrogens is 360 g/mol. The Kier molecular flexibility index (Phi) is 9.11. The van der Waals surface area contributed by atoms with E-state index in [0.717, 1.165) is 0 Å². The minimum absolute atomic E-state index is 0.137. The number of ether oxygens (including phenoxy) is 4. The average Bonchev–Trinajstić information content (AvgIpc) is 3.38. The number of nitrogens with one attached hydrogen (secondary N) is 2. The Morgan fingerprint density at radius 2 is 1.30 bits per heavy atom. The highest BCUT2D eigenvalue weighted by molar-refractivity contribution is 6.04. The Labute approximate surface area is 157 Å². The highest BCUT2D eigenvalue weighted by Gasteiger charge is 2.67. The number of carbonyl (C=O) groups is 4. The van der Waals surface area contributed by atoms with Gasteiger partial charge in [0.25, 0.3) is 0 Å². The summed E-state index contributed by atoms with van der Waals surface area (Å²) < 4.78 is 19.6. The van der Waals surface area contributed by atoms with Crippen LogP contribution in [0.5, 0.6) is 0 Å². The molecule has 2 N–H and O–H groups in total. The molecule has 1 fully saturated rings. The van der Waals surface area contributed by atoms with Gasteiger partial charge in [0.15, 0.2) is 5.41 Å². The summed E-state index contributed by atoms with van der Waals surface area (Å²) in [7, 11) is 0. The van der Waals surface area contributed by atoms with Crippen LogP contribution in [0.25, 0.3) is 0 Å². The quantitative estimate of drug-likeness (QED) is 0.175. The molecule has 10 nitrogen and oxygen atoms in total. The van der Waals surface area contributed by atoms with Gasteiger partial charge in [0.2, 0.25) is 0 Å². The van der Waals surface area contributed by atoms with Crippen molar-refractivity contribution in [1.29, 1.82) is 0 Å². The van der Waals surface area contributed by atoms with Crippen LogP contribution < -0.4 is 10.6 Å². The first-order chi connectivity index (χ1) is 12.9. The van der Waals surface area contributed by atoms with E-state index < -0.39 is 35.5 Å². The fourth-order valence-electron chi connectivity index (χ4n) is 2.31. The lowest BCUT2D eigenvalue weighted by Crippen LogP contribution is -2.34. The summed E-state index contributed by atoms with van der Waals surface area (Å²) in [5, 5.41) is 4.85. The molecule has 1 rings (SSSR count). The van der Waals surface area contributed by atoms with Gasteiger partial charge in [-0.2, -0.15) is 0 Å². The van der Waals surface area contributed by atoms with Crippen molar-refractivity contribution in [2.75, 3.05) is 39.5 Å². The number of hydrogen-bond donors (Lipinski definition) is 2. The minimum Gasteiger partial charge on any atom is -0.461 e. The van der Waals surface area contributed by atoms with E-state index in [2.05, 4.69) is 17.2 Å². The molecule has 0 aromatic rings. The van der Waals surface area contributed by atoms with Crippen molar-refractivity contribution in [2.45, 2.75) is 20.3 Å². The van der Waals surface area contributed by atoms with Crippen LogP contribution in [-0.4, -0.2) is 63.6 Å². The van der Waals surface area contributed by atoms with Gasteiger partial charge in [-0.25, -0.2) is 9.59 Å². The van der Waals surface area contributed by atoms with Gasteiger partial charge in [-0.15, -0.1) is 6.58 Å². The molecule has 0 saturated heterocycles. The van der Waals surface area contributed by atoms with E-state index in [0.29, 0.717) is 13.1 Å². The van der Waals surface area contributed by atoms with Crippen molar-refractivity contribution in [2.24, 2.45) is 11.3 Å². The summed E-state index contributed by atoms with van der Waals surface area (Å²) in [5.74, 6) is -1.92. The van der Waals surface area contributed by atoms with Crippen LogP contribution in [0, 0.1) is 11.3 Å². The van der Waals surface area contributed by atoms with Crippen LogP contribution in [0.1, 0.15) is 20.3 Å². The summed E-state index contributed by atoms with van der Waals surface area (Å²) in [6.45, 7) is 7.25. The van der Waals surface area contributed by atoms with Crippen LogP contribution >= 0.6 is 0 Å². The smallest absolute Gasteiger partial charge is 0.407 e. The van der Waals surface area contributed by atoms with Crippen molar-refractivity contribution < 1.29 is 38.1 Å². The minimum atomic E-state index is -1.45. The summed E-state index contributed by atoms with van der Waals surface area (Å²) in [5.41, 5.74) is -1.45. The zero-order valence-electron chi connectivity index (χ0n) is 15.6. The molecule has 2 amide bonds. The number of rotatable bonds is 11. The molecule has 0 heterocycles. The topological polar surface area (TPSA) is 129 Å². The molecule has 1 aliphatic rings. The summed E-state index contributed by atoms with van der Waals surface area (Å²) in [4.78, 5) is 46.9. The predicted octanol–water partition coefficient (Wildman–Crippen LogP) is 0.757. The molecule has 0 aliphatic heterocycles. The highest BCUT2D eigenvalue weighted by atomic mass is 16.6. The molecule has 1 saturated carbocycles. The summed E-state index contributed by atoms with van der Waals surface area (Å²) in [6, 6.07) is 0. The van der Waals surface area contributed by atoms with Gasteiger partial charge < -0.3 is 29.6 Å². The van der Waals surface area contributed by atoms with Gasteiger partial charge in [-0.3, -0.25) is 9.59 Å². The summed E-state index contributed by atoms with van der Waals surface area (Å²) >= 11 is 0. The molecule has 0 spiro atoms. The number of esters is 2. The maximum atomic E-state index is 12.3. The largest absolute Gasteiger partial charge is 0.461 e. The van der Waals surface area contributed by atoms with E-state index in [1.807, 2.05) is 0 Å². The van der Waals surface area contributed by atoms with E-state index in [1.54, 1.807) is 13.8 Å². The van der Waals surface area contributed by atoms with Gasteiger partial charge >= 0.3 is 24.1 Å². The number of carbonyl (C=O) groups excluding carboxylic acids is 4. The number of alkyl carbamates (subject to hydrolysis) is 2. The van der Waals surface area contributed by atoms with Crippen molar-refractivity contribution in [3.8, 4) is 0 Å². The second kappa shape index (κ2) is 11.0. The molecule has 1 unspecified atom stereocenters. The Balaban J connectivity index is 2.41. The second-order valence-electron chi connectivity index (χ2n) is 5.62. The molecule has 1 aliphatic carbocycles. The van der Waals surface area contributed by atoms with Crippen LogP contribution in [0.15, 0.2) is 12.7 Å². The monoisotopic (exact) mass is 386 g/mol. The third-order valence-corrected chi connectivity index (χ3v) is 3.77. The maximum Gasteiger partial charge on any atom is 0.407 e. The number of amides is 2. The van der Waals surface area contributed by atoms with Crippen molar-refractivity contribution in [3.05, 3.63) is 12.7 Å². The SMILES string of the molecule is C=CC1CC1(C(=O)OCCOC(=O)NCC)C(=O)OCCOC(=O)NCC. The lowest BCUT2D eigenvalue weighted by Gasteiger charge is -2.15. The highest BCUT2D eigenvalue weighted by Crippen LogP contribution is 2.55. The second-order valence-corrected chi connectivity index (χ2v) is 5.62. The van der Waals surface area contributed by atoms with E-state index in [-0.39, 0.29) is 32.8 Å². The molecule has 1 atom stereocenters. The van der Waals surface area contributed by atoms with E-state index in [1.165, 1.54) is 6.08 Å². The Hall–Kier alpha value is -2.78. The van der Waals surface area contributed by atoms with Gasteiger partial charge in [0, 0.05) is 19.0 Å². The Morgan fingerprint density at radius 3 is 1.63 bits per heavy atom. The zero-order valence-corrected chi connectivity index (χ0v) is 15.6. The molecule has 27 heavy (non-hydrogen) atoms. The molecule has 0 bridgehead atoms. The van der Waals surface area contributed by atoms with E-state index in [4.69, 9.17) is 18.9 Å². The van der Waals surface area contributed by atoms with Gasteiger partial charge in [-0.1, -0.05) is 6.08 Å². The first-order valence-electron chi connectivity index (χ1n) is 8.70. The van der Waals surface area contributed by atoms with Crippen molar-refractivity contribution >= 4 is 24.1 Å². The van der Waals surface area contributed by atoms with Crippen LogP contribution in [0.3, 0.4) is 0 Å². The molecule has 152 valence electrons. The van der Waals surface area contributed by atoms with Crippen molar-refractivity contribution in [1.82, 2.24) is 10.6 Å². The number of allylic oxidation sites excluding steroid dienone is 1. The van der Waals surface area contributed by atoms with Gasteiger partial charge in [0.05, 0.1) is 0 Å². The summed E-state index contributed by atoms with van der Waals surface area (Å²) in [6.07, 6.45) is 0.469. The molecule has 0 aromatic heterocycles. The first kappa shape index (κ1) is 22.3. The van der Waals surface area contributed by atoms with Crippen molar-refractivity contribution in [3.63, 3.8) is 0 Å². The Morgan fingerprint density at radius 1 is 0.889 bits per heavy atom. The molecule has 0 aromatic carbocycles. The van der Waals surface area contributed by atoms with Gasteiger partial charge in [0.1, 0.15) is 26.4 Å². The predicted molar refractivity (Wildman–Crippen MR) is 92.7 cm³/mol. The molecular formula is C17H26N2O8. The molecule has 0 radical (unpaired) electrons. The number of hydrogen-bond acceptors (Lipinski definition) is 8. The third-order valence-electron chi connectivity index (χ3n) is 3.77. The fourth-order valence-corrected chi connectivity index (χ4v) is 2.31. The van der Waals surface area contributed by atoms with Crippen LogP contribution in [0.2, 0.25) is 0 Å². The van der Waals surface area contributed by atoms with E-state index in [9.17, 15) is 19.2 Å². The molecule has 10 heteroatoms. The third kappa shape index (κ3) is 6.46. The maximum absolute atomic E-state index is 12.3. The fraction of sp³-hybridized carbons (Fsp3) is 0.647.